The van der Waals surface area contributed by atoms with E-state index in [-0.39, 0.29) is 0 Å². The monoisotopic (exact) mass is 247 g/mol. The first-order chi connectivity index (χ1) is 8.66. The molecular weight excluding hydrogens is 226 g/mol. The van der Waals surface area contributed by atoms with E-state index in [0.717, 1.165) is 31.3 Å². The number of hydrogen-bond acceptors (Lipinski definition) is 3. The summed E-state index contributed by atoms with van der Waals surface area (Å²) in [5, 5.41) is 3.39. The minimum atomic E-state index is 0.478. The van der Waals surface area contributed by atoms with Gasteiger partial charge in [0.1, 0.15) is 11.6 Å². The molecule has 0 spiro atoms. The second-order valence-electron chi connectivity index (χ2n) is 4.74. The van der Waals surface area contributed by atoms with Crippen LogP contribution in [0, 0.1) is 6.92 Å². The summed E-state index contributed by atoms with van der Waals surface area (Å²) in [5.41, 5.74) is 0. The van der Waals surface area contributed by atoms with Gasteiger partial charge >= 0.3 is 0 Å². The Kier molecular flexibility index (Phi) is 4.15. The number of rotatable bonds is 6. The Labute approximate surface area is 108 Å². The molecule has 0 amide bonds. The lowest BCUT2D eigenvalue weighted by molar-refractivity contribution is 0.515. The van der Waals surface area contributed by atoms with Crippen LogP contribution in [0.15, 0.2) is 24.8 Å². The van der Waals surface area contributed by atoms with Crippen molar-refractivity contribution in [2.45, 2.75) is 46.4 Å². The molecule has 2 heterocycles. The number of hydrogen-bond donors (Lipinski definition) is 1. The molecule has 2 rings (SSSR count). The zero-order valence-electron chi connectivity index (χ0n) is 11.3. The maximum atomic E-state index is 4.39. The van der Waals surface area contributed by atoms with Crippen LogP contribution in [-0.4, -0.2) is 25.1 Å². The lowest BCUT2D eigenvalue weighted by atomic mass is 10.4. The van der Waals surface area contributed by atoms with E-state index in [1.165, 1.54) is 0 Å². The van der Waals surface area contributed by atoms with E-state index in [0.29, 0.717) is 6.04 Å². The lowest BCUT2D eigenvalue weighted by Gasteiger charge is -2.11. The Bertz CT molecular complexity index is 483. The second-order valence-corrected chi connectivity index (χ2v) is 4.74. The highest BCUT2D eigenvalue weighted by molar-refractivity contribution is 4.93. The summed E-state index contributed by atoms with van der Waals surface area (Å²) >= 11 is 0. The summed E-state index contributed by atoms with van der Waals surface area (Å²) in [4.78, 5) is 8.61. The Balaban J connectivity index is 1.93. The first-order valence-corrected chi connectivity index (χ1v) is 6.38. The number of aryl methyl sites for hydroxylation is 3. The van der Waals surface area contributed by atoms with Crippen LogP contribution in [-0.2, 0) is 19.6 Å². The van der Waals surface area contributed by atoms with Gasteiger partial charge in [0, 0.05) is 43.9 Å². The lowest BCUT2D eigenvalue weighted by Crippen LogP contribution is -2.24. The van der Waals surface area contributed by atoms with Crippen molar-refractivity contribution >= 4 is 0 Å². The van der Waals surface area contributed by atoms with Crippen molar-refractivity contribution < 1.29 is 0 Å². The third-order valence-corrected chi connectivity index (χ3v) is 2.98. The summed E-state index contributed by atoms with van der Waals surface area (Å²) in [7, 11) is 0. The molecule has 0 unspecified atom stereocenters. The largest absolute Gasteiger partial charge is 0.333 e. The van der Waals surface area contributed by atoms with Crippen LogP contribution in [0.2, 0.25) is 0 Å². The SMILES string of the molecule is Cc1nccn1CCn1ccnc1CNC(C)C. The highest BCUT2D eigenvalue weighted by Crippen LogP contribution is 2.01. The third-order valence-electron chi connectivity index (χ3n) is 2.98. The molecule has 0 atom stereocenters. The highest BCUT2D eigenvalue weighted by atomic mass is 15.1. The van der Waals surface area contributed by atoms with E-state index >= 15 is 0 Å². The zero-order chi connectivity index (χ0) is 13.0. The van der Waals surface area contributed by atoms with E-state index in [2.05, 4.69) is 38.3 Å². The standard InChI is InChI=1S/C13H21N5/c1-11(2)16-10-13-15-5-7-18(13)9-8-17-6-4-14-12(17)3/h4-7,11,16H,8-10H2,1-3H3. The van der Waals surface area contributed by atoms with Crippen molar-refractivity contribution in [3.63, 3.8) is 0 Å². The molecular formula is C13H21N5. The zero-order valence-corrected chi connectivity index (χ0v) is 11.3. The molecule has 0 radical (unpaired) electrons. The van der Waals surface area contributed by atoms with Crippen molar-refractivity contribution in [2.24, 2.45) is 0 Å². The van der Waals surface area contributed by atoms with Gasteiger partial charge in [-0.2, -0.15) is 0 Å². The molecule has 2 aromatic heterocycles. The van der Waals surface area contributed by atoms with Gasteiger partial charge in [0.15, 0.2) is 0 Å². The van der Waals surface area contributed by atoms with Gasteiger partial charge in [-0.3, -0.25) is 0 Å². The predicted molar refractivity (Wildman–Crippen MR) is 71.2 cm³/mol. The summed E-state index contributed by atoms with van der Waals surface area (Å²) in [5.74, 6) is 2.14. The van der Waals surface area contributed by atoms with Gasteiger partial charge < -0.3 is 14.5 Å². The molecule has 5 nitrogen and oxygen atoms in total. The van der Waals surface area contributed by atoms with Gasteiger partial charge in [-0.05, 0) is 6.92 Å². The van der Waals surface area contributed by atoms with E-state index in [1.807, 2.05) is 31.7 Å². The molecule has 0 fully saturated rings. The fourth-order valence-corrected chi connectivity index (χ4v) is 1.86. The van der Waals surface area contributed by atoms with E-state index < -0.39 is 0 Å². The molecule has 0 aliphatic heterocycles. The topological polar surface area (TPSA) is 47.7 Å². The van der Waals surface area contributed by atoms with Crippen molar-refractivity contribution in [1.29, 1.82) is 0 Å². The molecule has 0 bridgehead atoms. The summed E-state index contributed by atoms with van der Waals surface area (Å²) < 4.78 is 4.34. The van der Waals surface area contributed by atoms with E-state index in [1.54, 1.807) is 0 Å². The highest BCUT2D eigenvalue weighted by Gasteiger charge is 2.04. The van der Waals surface area contributed by atoms with Crippen molar-refractivity contribution in [3.05, 3.63) is 36.4 Å². The van der Waals surface area contributed by atoms with Crippen LogP contribution < -0.4 is 5.32 Å². The van der Waals surface area contributed by atoms with Gasteiger partial charge in [0.25, 0.3) is 0 Å². The molecule has 0 aromatic carbocycles. The fraction of sp³-hybridized carbons (Fsp3) is 0.538. The Hall–Kier alpha value is -1.62. The molecule has 0 saturated heterocycles. The fourth-order valence-electron chi connectivity index (χ4n) is 1.86. The minimum Gasteiger partial charge on any atom is -0.333 e. The van der Waals surface area contributed by atoms with Crippen LogP contribution >= 0.6 is 0 Å². The van der Waals surface area contributed by atoms with Crippen molar-refractivity contribution in [1.82, 2.24) is 24.4 Å². The number of nitrogens with zero attached hydrogens (tertiary/aromatic N) is 4. The average Bonchev–Trinajstić information content (AvgIpc) is 2.92. The van der Waals surface area contributed by atoms with Crippen LogP contribution in [0.4, 0.5) is 0 Å². The van der Waals surface area contributed by atoms with Crippen LogP contribution in [0.3, 0.4) is 0 Å². The third kappa shape index (κ3) is 3.20. The maximum absolute atomic E-state index is 4.39. The van der Waals surface area contributed by atoms with Crippen molar-refractivity contribution in [2.75, 3.05) is 0 Å². The van der Waals surface area contributed by atoms with Gasteiger partial charge in [-0.15, -0.1) is 0 Å². The van der Waals surface area contributed by atoms with Crippen LogP contribution in [0.5, 0.6) is 0 Å². The van der Waals surface area contributed by atoms with E-state index in [9.17, 15) is 0 Å². The van der Waals surface area contributed by atoms with Crippen LogP contribution in [0.1, 0.15) is 25.5 Å². The smallest absolute Gasteiger partial charge is 0.122 e. The molecule has 0 aliphatic carbocycles. The molecule has 18 heavy (non-hydrogen) atoms. The number of imidazole rings is 2. The van der Waals surface area contributed by atoms with Gasteiger partial charge in [-0.1, -0.05) is 13.8 Å². The minimum absolute atomic E-state index is 0.478. The van der Waals surface area contributed by atoms with Crippen LogP contribution in [0.25, 0.3) is 0 Å². The number of aromatic nitrogens is 4. The normalized spacial score (nSPS) is 11.3. The van der Waals surface area contributed by atoms with Crippen molar-refractivity contribution in [3.8, 4) is 0 Å². The Morgan fingerprint density at radius 3 is 2.44 bits per heavy atom. The molecule has 2 aromatic rings. The second kappa shape index (κ2) is 5.82. The summed E-state index contributed by atoms with van der Waals surface area (Å²) in [6.07, 6.45) is 7.74. The maximum Gasteiger partial charge on any atom is 0.122 e. The molecule has 1 N–H and O–H groups in total. The summed E-state index contributed by atoms with van der Waals surface area (Å²) in [6, 6.07) is 0.478. The van der Waals surface area contributed by atoms with Gasteiger partial charge in [0.2, 0.25) is 0 Å². The molecule has 0 saturated carbocycles. The average molecular weight is 247 g/mol. The summed E-state index contributed by atoms with van der Waals surface area (Å²) in [6.45, 7) is 8.97. The first-order valence-electron chi connectivity index (χ1n) is 6.38. The number of nitrogens with one attached hydrogen (secondary N) is 1. The first kappa shape index (κ1) is 12.8. The molecule has 0 aliphatic rings. The molecule has 5 heteroatoms. The predicted octanol–water partition coefficient (Wildman–Crippen LogP) is 1.59. The Morgan fingerprint density at radius 1 is 1.11 bits per heavy atom. The van der Waals surface area contributed by atoms with Gasteiger partial charge in [-0.25, -0.2) is 9.97 Å². The van der Waals surface area contributed by atoms with E-state index in [4.69, 9.17) is 0 Å². The molecule has 98 valence electrons. The quantitative estimate of drug-likeness (QED) is 0.843. The Morgan fingerprint density at radius 2 is 1.78 bits per heavy atom. The van der Waals surface area contributed by atoms with Gasteiger partial charge in [0.05, 0.1) is 6.54 Å².